The predicted octanol–water partition coefficient (Wildman–Crippen LogP) is 1.55. The second-order valence-corrected chi connectivity index (χ2v) is 6.35. The lowest BCUT2D eigenvalue weighted by molar-refractivity contribution is 0.157. The molecule has 1 fully saturated rings. The number of piperidine rings is 1. The molecule has 0 saturated carbocycles. The van der Waals surface area contributed by atoms with Gasteiger partial charge >= 0.3 is 6.03 Å². The maximum absolute atomic E-state index is 12.2. The standard InChI is InChI=1S/C16H24N6O/c1-19(2)16(23)20(3)12-7-6-10-22(11-12)15-18-13-8-5-9-17-14(13)21(15)4/h5,8-9,12H,6-7,10-11H2,1-4H3. The van der Waals surface area contributed by atoms with Crippen LogP contribution in [0.2, 0.25) is 0 Å². The minimum Gasteiger partial charge on any atom is -0.340 e. The number of urea groups is 1. The number of anilines is 1. The van der Waals surface area contributed by atoms with Crippen molar-refractivity contribution in [3.8, 4) is 0 Å². The number of imidazole rings is 1. The van der Waals surface area contributed by atoms with Crippen LogP contribution < -0.4 is 4.90 Å². The smallest absolute Gasteiger partial charge is 0.319 e. The third kappa shape index (κ3) is 2.83. The lowest BCUT2D eigenvalue weighted by Crippen LogP contribution is -2.51. The Kier molecular flexibility index (Phi) is 4.11. The Bertz CT molecular complexity index is 710. The third-order valence-electron chi connectivity index (χ3n) is 4.52. The maximum atomic E-state index is 12.2. The van der Waals surface area contributed by atoms with Crippen LogP contribution in [-0.2, 0) is 7.05 Å². The van der Waals surface area contributed by atoms with E-state index in [1.165, 1.54) is 0 Å². The molecule has 0 aliphatic carbocycles. The number of aromatic nitrogens is 3. The quantitative estimate of drug-likeness (QED) is 0.843. The van der Waals surface area contributed by atoms with Gasteiger partial charge in [0.25, 0.3) is 0 Å². The summed E-state index contributed by atoms with van der Waals surface area (Å²) in [4.78, 5) is 27.0. The highest BCUT2D eigenvalue weighted by atomic mass is 16.2. The SMILES string of the molecule is CN(C)C(=O)N(C)C1CCCN(c2nc3cccnc3n2C)C1. The highest BCUT2D eigenvalue weighted by Crippen LogP contribution is 2.24. The third-order valence-corrected chi connectivity index (χ3v) is 4.52. The fourth-order valence-electron chi connectivity index (χ4n) is 3.22. The van der Waals surface area contributed by atoms with E-state index in [-0.39, 0.29) is 12.1 Å². The maximum Gasteiger partial charge on any atom is 0.319 e. The van der Waals surface area contributed by atoms with Gasteiger partial charge in [0.1, 0.15) is 5.52 Å². The first kappa shape index (κ1) is 15.6. The largest absolute Gasteiger partial charge is 0.340 e. The van der Waals surface area contributed by atoms with Crippen molar-refractivity contribution in [1.29, 1.82) is 0 Å². The molecule has 7 nitrogen and oxygen atoms in total. The summed E-state index contributed by atoms with van der Waals surface area (Å²) in [5, 5.41) is 0. The summed E-state index contributed by atoms with van der Waals surface area (Å²) in [6.07, 6.45) is 3.86. The summed E-state index contributed by atoms with van der Waals surface area (Å²) in [6.45, 7) is 1.75. The number of hydrogen-bond acceptors (Lipinski definition) is 4. The average Bonchev–Trinajstić information content (AvgIpc) is 2.91. The Morgan fingerprint density at radius 3 is 2.83 bits per heavy atom. The van der Waals surface area contributed by atoms with Crippen LogP contribution in [0.1, 0.15) is 12.8 Å². The van der Waals surface area contributed by atoms with Gasteiger partial charge in [-0.1, -0.05) is 0 Å². The van der Waals surface area contributed by atoms with E-state index in [9.17, 15) is 4.79 Å². The van der Waals surface area contributed by atoms with Gasteiger partial charge in [-0.15, -0.1) is 0 Å². The van der Waals surface area contributed by atoms with Crippen molar-refractivity contribution in [2.75, 3.05) is 39.1 Å². The number of amides is 2. The van der Waals surface area contributed by atoms with Crippen molar-refractivity contribution in [3.63, 3.8) is 0 Å². The number of carbonyl (C=O) groups is 1. The molecule has 0 aromatic carbocycles. The Morgan fingerprint density at radius 1 is 1.35 bits per heavy atom. The Hall–Kier alpha value is -2.31. The van der Waals surface area contributed by atoms with Crippen LogP contribution >= 0.6 is 0 Å². The molecule has 0 N–H and O–H groups in total. The molecule has 0 bridgehead atoms. The highest BCUT2D eigenvalue weighted by molar-refractivity contribution is 5.75. The van der Waals surface area contributed by atoms with Crippen molar-refractivity contribution in [3.05, 3.63) is 18.3 Å². The van der Waals surface area contributed by atoms with Crippen LogP contribution in [-0.4, -0.2) is 70.6 Å². The zero-order valence-electron chi connectivity index (χ0n) is 14.2. The number of nitrogens with zero attached hydrogens (tertiary/aromatic N) is 6. The number of carbonyl (C=O) groups excluding carboxylic acids is 1. The molecule has 0 radical (unpaired) electrons. The minimum atomic E-state index is 0.0449. The van der Waals surface area contributed by atoms with Gasteiger partial charge in [-0.2, -0.15) is 0 Å². The minimum absolute atomic E-state index is 0.0449. The normalized spacial score (nSPS) is 18.3. The number of pyridine rings is 1. The van der Waals surface area contributed by atoms with Crippen molar-refractivity contribution < 1.29 is 4.79 Å². The Labute approximate surface area is 136 Å². The van der Waals surface area contributed by atoms with Crippen molar-refractivity contribution >= 4 is 23.1 Å². The highest BCUT2D eigenvalue weighted by Gasteiger charge is 2.29. The van der Waals surface area contributed by atoms with Crippen LogP contribution in [0, 0.1) is 0 Å². The van der Waals surface area contributed by atoms with E-state index >= 15 is 0 Å². The summed E-state index contributed by atoms with van der Waals surface area (Å²) < 4.78 is 2.03. The van der Waals surface area contributed by atoms with Crippen LogP contribution in [0.15, 0.2) is 18.3 Å². The van der Waals surface area contributed by atoms with E-state index in [4.69, 9.17) is 4.98 Å². The average molecular weight is 316 g/mol. The molecule has 1 aliphatic rings. The summed E-state index contributed by atoms with van der Waals surface area (Å²) >= 11 is 0. The molecule has 2 aromatic rings. The molecule has 0 spiro atoms. The molecule has 1 unspecified atom stereocenters. The monoisotopic (exact) mass is 316 g/mol. The van der Waals surface area contributed by atoms with Gasteiger partial charge in [0, 0.05) is 47.5 Å². The zero-order valence-corrected chi connectivity index (χ0v) is 14.2. The number of fused-ring (bicyclic) bond motifs is 1. The number of rotatable bonds is 2. The van der Waals surface area contributed by atoms with Crippen LogP contribution in [0.3, 0.4) is 0 Å². The molecular weight excluding hydrogens is 292 g/mol. The van der Waals surface area contributed by atoms with E-state index in [2.05, 4.69) is 9.88 Å². The first-order valence-electron chi connectivity index (χ1n) is 7.95. The van der Waals surface area contributed by atoms with Gasteiger partial charge in [0.2, 0.25) is 5.95 Å². The lowest BCUT2D eigenvalue weighted by atomic mass is 10.1. The summed E-state index contributed by atoms with van der Waals surface area (Å²) in [5.74, 6) is 0.925. The van der Waals surface area contributed by atoms with Crippen LogP contribution in [0.4, 0.5) is 10.7 Å². The summed E-state index contributed by atoms with van der Waals surface area (Å²) in [5.41, 5.74) is 1.80. The van der Waals surface area contributed by atoms with Gasteiger partial charge in [0.15, 0.2) is 5.65 Å². The second kappa shape index (κ2) is 6.06. The number of likely N-dealkylation sites (N-methyl/N-ethyl adjacent to an activating group) is 1. The number of aryl methyl sites for hydroxylation is 1. The van der Waals surface area contributed by atoms with E-state index < -0.39 is 0 Å². The lowest BCUT2D eigenvalue weighted by Gasteiger charge is -2.38. The van der Waals surface area contributed by atoms with Gasteiger partial charge in [-0.05, 0) is 25.0 Å². The summed E-state index contributed by atoms with van der Waals surface area (Å²) in [6, 6.07) is 4.13. The molecule has 3 heterocycles. The fraction of sp³-hybridized carbons (Fsp3) is 0.562. The predicted molar refractivity (Wildman–Crippen MR) is 90.6 cm³/mol. The summed E-state index contributed by atoms with van der Waals surface area (Å²) in [7, 11) is 7.45. The molecular formula is C16H24N6O. The number of hydrogen-bond donors (Lipinski definition) is 0. The molecule has 7 heteroatoms. The molecule has 3 rings (SSSR count). The fourth-order valence-corrected chi connectivity index (χ4v) is 3.22. The van der Waals surface area contributed by atoms with Gasteiger partial charge in [0.05, 0.1) is 6.04 Å². The first-order chi connectivity index (χ1) is 11.0. The Morgan fingerprint density at radius 2 is 2.13 bits per heavy atom. The van der Waals surface area contributed by atoms with E-state index in [0.29, 0.717) is 0 Å². The van der Waals surface area contributed by atoms with Gasteiger partial charge in [-0.3, -0.25) is 4.57 Å². The van der Waals surface area contributed by atoms with Gasteiger partial charge < -0.3 is 14.7 Å². The molecule has 124 valence electrons. The van der Waals surface area contributed by atoms with Crippen LogP contribution in [0.25, 0.3) is 11.2 Å². The van der Waals surface area contributed by atoms with E-state index in [1.807, 2.05) is 35.7 Å². The van der Waals surface area contributed by atoms with Crippen molar-refractivity contribution in [1.82, 2.24) is 24.3 Å². The first-order valence-corrected chi connectivity index (χ1v) is 7.95. The zero-order chi connectivity index (χ0) is 16.6. The topological polar surface area (TPSA) is 57.5 Å². The molecule has 1 aliphatic heterocycles. The van der Waals surface area contributed by atoms with Crippen LogP contribution in [0.5, 0.6) is 0 Å². The second-order valence-electron chi connectivity index (χ2n) is 6.35. The Balaban J connectivity index is 1.83. The van der Waals surface area contributed by atoms with Crippen molar-refractivity contribution in [2.45, 2.75) is 18.9 Å². The molecule has 2 aromatic heterocycles. The molecule has 1 atom stereocenters. The van der Waals surface area contributed by atoms with E-state index in [0.717, 1.165) is 43.0 Å². The molecule has 1 saturated heterocycles. The molecule has 2 amide bonds. The van der Waals surface area contributed by atoms with Crippen molar-refractivity contribution in [2.24, 2.45) is 7.05 Å². The van der Waals surface area contributed by atoms with E-state index in [1.54, 1.807) is 25.2 Å². The molecule has 23 heavy (non-hydrogen) atoms. The van der Waals surface area contributed by atoms with Gasteiger partial charge in [-0.25, -0.2) is 14.8 Å².